The van der Waals surface area contributed by atoms with Crippen molar-refractivity contribution in [2.24, 2.45) is 5.92 Å². The highest BCUT2D eigenvalue weighted by atomic mass is 19.1. The Morgan fingerprint density at radius 1 is 1.03 bits per heavy atom. The predicted octanol–water partition coefficient (Wildman–Crippen LogP) is 5.24. The highest BCUT2D eigenvalue weighted by Gasteiger charge is 2.24. The Kier molecular flexibility index (Phi) is 7.63. The molecule has 1 fully saturated rings. The van der Waals surface area contributed by atoms with E-state index in [-0.39, 0.29) is 11.4 Å². The monoisotopic (exact) mass is 501 g/mol. The largest absolute Gasteiger partial charge is 0.496 e. The van der Waals surface area contributed by atoms with Gasteiger partial charge in [-0.2, -0.15) is 0 Å². The van der Waals surface area contributed by atoms with Gasteiger partial charge < -0.3 is 14.4 Å². The van der Waals surface area contributed by atoms with Crippen molar-refractivity contribution in [3.63, 3.8) is 0 Å². The van der Waals surface area contributed by atoms with Crippen LogP contribution in [0.25, 0.3) is 33.4 Å². The van der Waals surface area contributed by atoms with Crippen molar-refractivity contribution in [2.45, 2.75) is 19.4 Å². The zero-order valence-corrected chi connectivity index (χ0v) is 21.3. The van der Waals surface area contributed by atoms with Crippen molar-refractivity contribution in [1.29, 1.82) is 0 Å². The lowest BCUT2D eigenvalue weighted by atomic mass is 9.97. The summed E-state index contributed by atoms with van der Waals surface area (Å²) in [5.74, 6) is 1.27. The van der Waals surface area contributed by atoms with Crippen LogP contribution in [0, 0.1) is 11.7 Å². The molecular weight excluding hydrogens is 469 g/mol. The van der Waals surface area contributed by atoms with Crippen LogP contribution in [-0.2, 0) is 11.3 Å². The Balaban J connectivity index is 1.62. The Hall–Kier alpha value is -3.55. The molecule has 1 atom stereocenters. The number of hydrogen-bond acceptors (Lipinski definition) is 5. The summed E-state index contributed by atoms with van der Waals surface area (Å²) < 4.78 is 26.6. The molecular formula is C30H32FN3O3. The van der Waals surface area contributed by atoms with Gasteiger partial charge in [0.05, 0.1) is 30.2 Å². The number of aromatic nitrogens is 2. The molecule has 0 radical (unpaired) electrons. The van der Waals surface area contributed by atoms with Crippen LogP contribution >= 0.6 is 0 Å². The van der Waals surface area contributed by atoms with Crippen LogP contribution in [0.1, 0.15) is 12.8 Å². The van der Waals surface area contributed by atoms with Crippen molar-refractivity contribution in [1.82, 2.24) is 14.5 Å². The van der Waals surface area contributed by atoms with Gasteiger partial charge in [-0.15, -0.1) is 0 Å². The first-order valence-electron chi connectivity index (χ1n) is 12.7. The van der Waals surface area contributed by atoms with Gasteiger partial charge in [0.1, 0.15) is 17.4 Å². The van der Waals surface area contributed by atoms with Crippen molar-refractivity contribution in [3.8, 4) is 28.3 Å². The van der Waals surface area contributed by atoms with Crippen molar-refractivity contribution in [2.75, 3.05) is 40.5 Å². The molecule has 1 aliphatic heterocycles. The van der Waals surface area contributed by atoms with Gasteiger partial charge in [0.2, 0.25) is 0 Å². The number of nitrogens with zero attached hydrogens (tertiary/aromatic N) is 3. The average molecular weight is 502 g/mol. The maximum Gasteiger partial charge on any atom is 0.261 e. The minimum absolute atomic E-state index is 0.0989. The van der Waals surface area contributed by atoms with Crippen LogP contribution in [0.2, 0.25) is 0 Å². The number of fused-ring (bicyclic) bond motifs is 1. The third-order valence-electron chi connectivity index (χ3n) is 7.12. The lowest BCUT2D eigenvalue weighted by Gasteiger charge is -2.33. The maximum atomic E-state index is 14.1. The van der Waals surface area contributed by atoms with Crippen molar-refractivity contribution < 1.29 is 13.9 Å². The fourth-order valence-corrected chi connectivity index (χ4v) is 5.25. The molecule has 6 nitrogen and oxygen atoms in total. The van der Waals surface area contributed by atoms with Crippen LogP contribution < -0.4 is 10.3 Å². The van der Waals surface area contributed by atoms with Gasteiger partial charge in [-0.1, -0.05) is 30.3 Å². The molecule has 0 N–H and O–H groups in total. The molecule has 1 saturated heterocycles. The molecule has 0 spiro atoms. The highest BCUT2D eigenvalue weighted by Crippen LogP contribution is 2.31. The Bertz CT molecular complexity index is 1450. The highest BCUT2D eigenvalue weighted by molar-refractivity contribution is 5.85. The second-order valence-electron chi connectivity index (χ2n) is 9.60. The topological polar surface area (TPSA) is 56.6 Å². The fraction of sp³-hybridized carbons (Fsp3) is 0.333. The molecule has 4 aromatic rings. The maximum absolute atomic E-state index is 14.1. The molecule has 1 aliphatic rings. The van der Waals surface area contributed by atoms with E-state index in [0.29, 0.717) is 41.5 Å². The smallest absolute Gasteiger partial charge is 0.261 e. The SMILES string of the molecule is COCCN1CCCC(Cn2c(-c3ccccc3OC)nc3ccc(-c4cccc(F)c4)cc3c2=O)C1. The molecule has 2 heterocycles. The Labute approximate surface area is 216 Å². The molecule has 192 valence electrons. The molecule has 1 unspecified atom stereocenters. The molecule has 0 saturated carbocycles. The summed E-state index contributed by atoms with van der Waals surface area (Å²) in [4.78, 5) is 21.5. The van der Waals surface area contributed by atoms with E-state index < -0.39 is 0 Å². The Morgan fingerprint density at radius 2 is 1.86 bits per heavy atom. The lowest BCUT2D eigenvalue weighted by molar-refractivity contribution is 0.109. The van der Waals surface area contributed by atoms with E-state index in [1.807, 2.05) is 48.5 Å². The quantitative estimate of drug-likeness (QED) is 0.331. The second kappa shape index (κ2) is 11.2. The number of rotatable bonds is 8. The van der Waals surface area contributed by atoms with Gasteiger partial charge in [0, 0.05) is 26.7 Å². The molecule has 5 rings (SSSR count). The molecule has 7 heteroatoms. The summed E-state index contributed by atoms with van der Waals surface area (Å²) in [6, 6.07) is 19.6. The van der Waals surface area contributed by atoms with Gasteiger partial charge >= 0.3 is 0 Å². The van der Waals surface area contributed by atoms with E-state index in [2.05, 4.69) is 4.90 Å². The van der Waals surface area contributed by atoms with Crippen LogP contribution in [0.5, 0.6) is 5.75 Å². The first kappa shape index (κ1) is 25.1. The number of benzene rings is 3. The summed E-state index contributed by atoms with van der Waals surface area (Å²) in [6.45, 7) is 4.08. The summed E-state index contributed by atoms with van der Waals surface area (Å²) in [6.07, 6.45) is 2.13. The number of hydrogen-bond donors (Lipinski definition) is 0. The van der Waals surface area contributed by atoms with Crippen molar-refractivity contribution >= 4 is 10.9 Å². The van der Waals surface area contributed by atoms with Crippen LogP contribution in [0.15, 0.2) is 71.5 Å². The third-order valence-corrected chi connectivity index (χ3v) is 7.12. The second-order valence-corrected chi connectivity index (χ2v) is 9.60. The molecule has 3 aromatic carbocycles. The normalized spacial score (nSPS) is 16.2. The number of likely N-dealkylation sites (tertiary alicyclic amines) is 1. The predicted molar refractivity (Wildman–Crippen MR) is 144 cm³/mol. The standard InChI is InChI=1S/C30H32FN3O3/c1-36-16-15-33-14-6-7-21(19-33)20-34-29(25-10-3-4-11-28(25)37-2)32-27-13-12-23(18-26(27)30(34)35)22-8-5-9-24(31)17-22/h3-5,8-13,17-18,21H,6-7,14-16,19-20H2,1-2H3. The minimum atomic E-state index is -0.310. The van der Waals surface area contributed by atoms with E-state index in [4.69, 9.17) is 14.5 Å². The first-order valence-corrected chi connectivity index (χ1v) is 12.7. The van der Waals surface area contributed by atoms with E-state index >= 15 is 0 Å². The van der Waals surface area contributed by atoms with E-state index in [1.165, 1.54) is 12.1 Å². The van der Waals surface area contributed by atoms with Gasteiger partial charge in [-0.05, 0) is 72.8 Å². The van der Waals surface area contributed by atoms with Crippen LogP contribution in [-0.4, -0.2) is 54.9 Å². The number of piperidine rings is 1. The summed E-state index contributed by atoms with van der Waals surface area (Å²) in [5.41, 5.74) is 2.80. The number of halogens is 1. The van der Waals surface area contributed by atoms with Gasteiger partial charge in [0.15, 0.2) is 0 Å². The van der Waals surface area contributed by atoms with Gasteiger partial charge in [-0.25, -0.2) is 9.37 Å². The van der Waals surface area contributed by atoms with Crippen molar-refractivity contribution in [3.05, 3.63) is 82.9 Å². The lowest BCUT2D eigenvalue weighted by Crippen LogP contribution is -2.40. The number of ether oxygens (including phenoxy) is 2. The summed E-state index contributed by atoms with van der Waals surface area (Å²) in [7, 11) is 3.35. The minimum Gasteiger partial charge on any atom is -0.496 e. The fourth-order valence-electron chi connectivity index (χ4n) is 5.25. The van der Waals surface area contributed by atoms with E-state index in [9.17, 15) is 9.18 Å². The van der Waals surface area contributed by atoms with Crippen LogP contribution in [0.4, 0.5) is 4.39 Å². The van der Waals surface area contributed by atoms with E-state index in [1.54, 1.807) is 24.9 Å². The molecule has 1 aromatic heterocycles. The van der Waals surface area contributed by atoms with Crippen LogP contribution in [0.3, 0.4) is 0 Å². The van der Waals surface area contributed by atoms with Gasteiger partial charge in [0.25, 0.3) is 5.56 Å². The zero-order valence-electron chi connectivity index (χ0n) is 21.3. The Morgan fingerprint density at radius 3 is 2.68 bits per heavy atom. The summed E-state index contributed by atoms with van der Waals surface area (Å²) in [5, 5.41) is 0.521. The van der Waals surface area contributed by atoms with E-state index in [0.717, 1.165) is 49.2 Å². The average Bonchev–Trinajstić information content (AvgIpc) is 2.93. The summed E-state index contributed by atoms with van der Waals surface area (Å²) >= 11 is 0. The first-order chi connectivity index (χ1) is 18.1. The zero-order chi connectivity index (χ0) is 25.8. The molecule has 0 amide bonds. The third kappa shape index (κ3) is 5.43. The molecule has 0 aliphatic carbocycles. The number of para-hydroxylation sites is 1. The number of methoxy groups -OCH3 is 2. The molecule has 0 bridgehead atoms. The van der Waals surface area contributed by atoms with Gasteiger partial charge in [-0.3, -0.25) is 9.36 Å². The molecule has 37 heavy (non-hydrogen) atoms.